The zero-order valence-electron chi connectivity index (χ0n) is 35.2. The molecule has 2 saturated heterocycles. The van der Waals surface area contributed by atoms with E-state index in [9.17, 15) is 10.1 Å². The average Bonchev–Trinajstić information content (AvgIpc) is 3.87. The number of nitriles is 1. The Labute approximate surface area is 409 Å². The molecule has 0 saturated carbocycles. The Hall–Kier alpha value is -4.02. The van der Waals surface area contributed by atoms with Crippen molar-refractivity contribution in [2.75, 3.05) is 80.8 Å². The van der Waals surface area contributed by atoms with E-state index in [1.54, 1.807) is 0 Å². The van der Waals surface area contributed by atoms with E-state index in [1.807, 2.05) is 48.5 Å². The number of benzene rings is 4. The number of halogens is 4. The molecule has 5 aromatic rings. The van der Waals surface area contributed by atoms with Gasteiger partial charge in [0.25, 0.3) is 5.91 Å². The molecule has 64 heavy (non-hydrogen) atoms. The minimum Gasteiger partial charge on any atom is -0.489 e. The van der Waals surface area contributed by atoms with Crippen LogP contribution in [-0.4, -0.2) is 98.6 Å². The molecular formula is C48H48Br2ClIN8O4. The summed E-state index contributed by atoms with van der Waals surface area (Å²) in [7, 11) is 0. The number of amides is 1. The molecule has 16 heteroatoms. The Kier molecular flexibility index (Phi) is 14.6. The molecule has 0 bridgehead atoms. The number of likely N-dealkylation sites (tertiary alicyclic amines) is 1. The number of fused-ring (bicyclic) bond motifs is 3. The normalized spacial score (nSPS) is 19.2. The van der Waals surface area contributed by atoms with Crippen molar-refractivity contribution in [3.05, 3.63) is 107 Å². The fourth-order valence-corrected chi connectivity index (χ4v) is 11.4. The molecule has 2 fully saturated rings. The highest BCUT2D eigenvalue weighted by atomic mass is 127. The van der Waals surface area contributed by atoms with Gasteiger partial charge >= 0.3 is 6.01 Å². The number of aromatic nitrogens is 2. The van der Waals surface area contributed by atoms with Crippen LogP contribution in [0.25, 0.3) is 22.4 Å². The highest BCUT2D eigenvalue weighted by molar-refractivity contribution is 14.1. The van der Waals surface area contributed by atoms with Crippen molar-refractivity contribution in [1.29, 1.82) is 5.26 Å². The molecule has 4 aromatic carbocycles. The van der Waals surface area contributed by atoms with Gasteiger partial charge in [0.15, 0.2) is 0 Å². The lowest BCUT2D eigenvalue weighted by Gasteiger charge is -2.37. The number of hydrogen-bond donors (Lipinski definition) is 2. The van der Waals surface area contributed by atoms with Crippen LogP contribution in [0.2, 0.25) is 5.02 Å². The molecule has 0 spiro atoms. The maximum Gasteiger partial charge on any atom is 0.318 e. The van der Waals surface area contributed by atoms with Crippen molar-refractivity contribution in [2.45, 2.75) is 50.7 Å². The van der Waals surface area contributed by atoms with Gasteiger partial charge in [-0.1, -0.05) is 35.9 Å². The van der Waals surface area contributed by atoms with E-state index in [0.29, 0.717) is 63.3 Å². The van der Waals surface area contributed by atoms with Crippen LogP contribution in [0.1, 0.15) is 48.1 Å². The summed E-state index contributed by atoms with van der Waals surface area (Å²) in [6.07, 6.45) is 6.19. The van der Waals surface area contributed by atoms with Crippen molar-refractivity contribution < 1.29 is 19.0 Å². The Morgan fingerprint density at radius 3 is 2.67 bits per heavy atom. The molecule has 0 aliphatic carbocycles. The van der Waals surface area contributed by atoms with Gasteiger partial charge in [0.2, 0.25) is 0 Å². The second kappa shape index (κ2) is 20.7. The fraction of sp³-hybridized carbons (Fsp3) is 0.375. The van der Waals surface area contributed by atoms with Crippen molar-refractivity contribution in [3.63, 3.8) is 0 Å². The fourth-order valence-electron chi connectivity index (χ4n) is 9.22. The molecule has 1 amide bonds. The second-order valence-electron chi connectivity index (χ2n) is 16.5. The number of nitrogens with zero attached hydrogens (tertiary/aromatic N) is 6. The molecule has 0 unspecified atom stereocenters. The van der Waals surface area contributed by atoms with Crippen LogP contribution in [0.4, 0.5) is 17.2 Å². The summed E-state index contributed by atoms with van der Waals surface area (Å²) in [5, 5.41) is 18.8. The molecule has 332 valence electrons. The number of ether oxygens (including phenoxy) is 3. The summed E-state index contributed by atoms with van der Waals surface area (Å²) in [5.74, 6) is 1.50. The van der Waals surface area contributed by atoms with Gasteiger partial charge < -0.3 is 34.6 Å². The SMILES string of the molecule is N#CC[C@H]1CN(c2nc(OC[C@@H]3CCCN3CCCOCCOc3c(Br)cc(/C=C4\C(=O)Nc5ccc(I)cc54)cc3Br)nc3c2CCN(c2cccc4cccc(Cl)c24)C3)CCN1. The van der Waals surface area contributed by atoms with Gasteiger partial charge in [0.05, 0.1) is 45.3 Å². The van der Waals surface area contributed by atoms with E-state index in [2.05, 4.69) is 110 Å². The Morgan fingerprint density at radius 1 is 0.984 bits per heavy atom. The molecule has 4 aliphatic heterocycles. The topological polar surface area (TPSA) is 128 Å². The van der Waals surface area contributed by atoms with Gasteiger partial charge in [-0.2, -0.15) is 15.2 Å². The second-order valence-corrected chi connectivity index (χ2v) is 19.8. The molecular weight excluding hydrogens is 1070 g/mol. The highest BCUT2D eigenvalue weighted by Crippen LogP contribution is 2.40. The maximum absolute atomic E-state index is 12.7. The average molecular weight is 1120 g/mol. The first-order valence-corrected chi connectivity index (χ1v) is 24.8. The van der Waals surface area contributed by atoms with Gasteiger partial charge in [-0.25, -0.2) is 0 Å². The summed E-state index contributed by atoms with van der Waals surface area (Å²) in [6.45, 7) is 7.65. The molecule has 9 rings (SSSR count). The smallest absolute Gasteiger partial charge is 0.318 e. The first-order valence-electron chi connectivity index (χ1n) is 21.8. The quantitative estimate of drug-likeness (QED) is 0.0592. The number of carbonyl (C=O) groups is 1. The molecule has 5 heterocycles. The largest absolute Gasteiger partial charge is 0.489 e. The number of hydrogen-bond acceptors (Lipinski definition) is 11. The Bertz CT molecular complexity index is 2600. The van der Waals surface area contributed by atoms with Gasteiger partial charge in [-0.3, -0.25) is 9.69 Å². The summed E-state index contributed by atoms with van der Waals surface area (Å²) < 4.78 is 21.3. The summed E-state index contributed by atoms with van der Waals surface area (Å²) in [5.41, 5.74) is 6.47. The predicted molar refractivity (Wildman–Crippen MR) is 269 cm³/mol. The van der Waals surface area contributed by atoms with E-state index in [-0.39, 0.29) is 18.0 Å². The van der Waals surface area contributed by atoms with Gasteiger partial charge in [0, 0.05) is 88.4 Å². The Morgan fingerprint density at radius 2 is 1.83 bits per heavy atom. The highest BCUT2D eigenvalue weighted by Gasteiger charge is 2.31. The van der Waals surface area contributed by atoms with E-state index in [1.165, 1.54) is 0 Å². The first-order chi connectivity index (χ1) is 31.2. The van der Waals surface area contributed by atoms with E-state index in [4.69, 9.17) is 35.8 Å². The van der Waals surface area contributed by atoms with E-state index < -0.39 is 0 Å². The third kappa shape index (κ3) is 10.2. The lowest BCUT2D eigenvalue weighted by Crippen LogP contribution is -2.51. The minimum atomic E-state index is -0.111. The van der Waals surface area contributed by atoms with Crippen LogP contribution in [0, 0.1) is 14.9 Å². The minimum absolute atomic E-state index is 0.0820. The third-order valence-electron chi connectivity index (χ3n) is 12.3. The van der Waals surface area contributed by atoms with Crippen molar-refractivity contribution in [3.8, 4) is 17.8 Å². The standard InChI is InChI=1S/C48H48Br2ClIN8O4/c49-38-24-30(23-37-36-26-32(52)10-11-41(36)55-47(37)61)25-39(50)45(38)63-22-21-62-20-4-17-58-16-3-7-34(58)29-64-48-56-42-28-59(43-9-2-6-31-5-1-8-40(51)44(31)43)18-13-35(42)46(57-48)60-19-15-54-33(27-60)12-14-53/h1-2,5-6,8-11,23-26,33-34,54H,3-4,7,12-13,15-22,27-29H2,(H,55,61)/b37-23-/t33-,34-/m0/s1. The Balaban J connectivity index is 0.788. The van der Waals surface area contributed by atoms with Crippen LogP contribution in [-0.2, 0) is 22.5 Å². The summed E-state index contributed by atoms with van der Waals surface area (Å²) >= 11 is 16.4. The molecule has 1 aromatic heterocycles. The van der Waals surface area contributed by atoms with Crippen LogP contribution in [0.5, 0.6) is 11.8 Å². The third-order valence-corrected chi connectivity index (χ3v) is 14.5. The van der Waals surface area contributed by atoms with Crippen LogP contribution < -0.4 is 29.9 Å². The van der Waals surface area contributed by atoms with Crippen molar-refractivity contribution in [1.82, 2.24) is 20.2 Å². The van der Waals surface area contributed by atoms with Crippen LogP contribution in [0.3, 0.4) is 0 Å². The molecule has 12 nitrogen and oxygen atoms in total. The summed E-state index contributed by atoms with van der Waals surface area (Å²) in [4.78, 5) is 30.1. The number of piperazine rings is 1. The van der Waals surface area contributed by atoms with Crippen molar-refractivity contribution >= 4 is 112 Å². The predicted octanol–water partition coefficient (Wildman–Crippen LogP) is 9.49. The zero-order valence-corrected chi connectivity index (χ0v) is 41.3. The van der Waals surface area contributed by atoms with Gasteiger partial charge in [-0.15, -0.1) is 0 Å². The van der Waals surface area contributed by atoms with E-state index >= 15 is 0 Å². The molecule has 2 atom stereocenters. The van der Waals surface area contributed by atoms with Crippen LogP contribution in [0.15, 0.2) is 75.7 Å². The number of nitrogens with one attached hydrogen (secondary N) is 2. The number of rotatable bonds is 15. The lowest BCUT2D eigenvalue weighted by molar-refractivity contribution is -0.110. The zero-order chi connectivity index (χ0) is 44.2. The molecule has 0 radical (unpaired) electrons. The summed E-state index contributed by atoms with van der Waals surface area (Å²) in [6, 6.07) is 25.3. The van der Waals surface area contributed by atoms with Crippen LogP contribution >= 0.6 is 66.1 Å². The first kappa shape index (κ1) is 45.1. The van der Waals surface area contributed by atoms with Crippen molar-refractivity contribution in [2.24, 2.45) is 0 Å². The monoisotopic (exact) mass is 1120 g/mol. The number of carbonyl (C=O) groups excluding carboxylic acids is 1. The maximum atomic E-state index is 12.7. The molecule has 2 N–H and O–H groups in total. The molecule has 4 aliphatic rings. The van der Waals surface area contributed by atoms with Gasteiger partial charge in [0.1, 0.15) is 24.8 Å². The lowest BCUT2D eigenvalue weighted by atomic mass is 10.0. The van der Waals surface area contributed by atoms with E-state index in [0.717, 1.165) is 126 Å². The van der Waals surface area contributed by atoms with Gasteiger partial charge in [-0.05, 0) is 146 Å². The number of anilines is 3.